The number of nitrogens with one attached hydrogen (secondary N) is 1. The predicted molar refractivity (Wildman–Crippen MR) is 63.9 cm³/mol. The maximum Gasteiger partial charge on any atom is 0.389 e. The fourth-order valence-corrected chi connectivity index (χ4v) is 3.02. The van der Waals surface area contributed by atoms with Crippen LogP contribution in [0.4, 0.5) is 13.2 Å². The molecule has 1 fully saturated rings. The third-order valence-electron chi connectivity index (χ3n) is 3.89. The fraction of sp³-hybridized carbons (Fsp3) is 1.00. The van der Waals surface area contributed by atoms with Gasteiger partial charge in [0.2, 0.25) is 0 Å². The average molecular weight is 251 g/mol. The maximum absolute atomic E-state index is 12.1. The Balaban J connectivity index is 2.37. The van der Waals surface area contributed by atoms with E-state index in [0.717, 1.165) is 6.54 Å². The van der Waals surface area contributed by atoms with Crippen molar-refractivity contribution < 1.29 is 13.2 Å². The summed E-state index contributed by atoms with van der Waals surface area (Å²) in [5.74, 6) is 1.23. The van der Waals surface area contributed by atoms with Gasteiger partial charge < -0.3 is 5.32 Å². The van der Waals surface area contributed by atoms with E-state index in [1.165, 1.54) is 19.3 Å². The highest BCUT2D eigenvalue weighted by Crippen LogP contribution is 2.35. The zero-order chi connectivity index (χ0) is 12.9. The molecule has 3 unspecified atom stereocenters. The van der Waals surface area contributed by atoms with Gasteiger partial charge >= 0.3 is 6.18 Å². The summed E-state index contributed by atoms with van der Waals surface area (Å²) in [6.07, 6.45) is -0.107. The van der Waals surface area contributed by atoms with Crippen LogP contribution in [0.25, 0.3) is 0 Å². The second-order valence-electron chi connectivity index (χ2n) is 5.24. The normalized spacial score (nSPS) is 27.4. The van der Waals surface area contributed by atoms with Crippen LogP contribution in [0, 0.1) is 11.8 Å². The molecule has 0 heterocycles. The Hall–Kier alpha value is -0.250. The average Bonchev–Trinajstić information content (AvgIpc) is 2.61. The summed E-state index contributed by atoms with van der Waals surface area (Å²) >= 11 is 0. The van der Waals surface area contributed by atoms with Crippen molar-refractivity contribution in [2.45, 2.75) is 64.6 Å². The highest BCUT2D eigenvalue weighted by atomic mass is 19.4. The Morgan fingerprint density at radius 3 is 2.47 bits per heavy atom. The van der Waals surface area contributed by atoms with Crippen molar-refractivity contribution in [3.63, 3.8) is 0 Å². The molecule has 1 saturated carbocycles. The van der Waals surface area contributed by atoms with Crippen LogP contribution in [0.5, 0.6) is 0 Å². The number of hydrogen-bond acceptors (Lipinski definition) is 1. The van der Waals surface area contributed by atoms with Gasteiger partial charge in [-0.2, -0.15) is 13.2 Å². The Kier molecular flexibility index (Phi) is 5.77. The van der Waals surface area contributed by atoms with Crippen LogP contribution in [0.2, 0.25) is 0 Å². The van der Waals surface area contributed by atoms with E-state index in [1.807, 2.05) is 6.92 Å². The SMILES string of the molecule is CCNC(CCCC(F)(F)F)C1CCCC1C. The summed E-state index contributed by atoms with van der Waals surface area (Å²) in [6.45, 7) is 5.10. The van der Waals surface area contributed by atoms with Gasteiger partial charge in [-0.1, -0.05) is 26.7 Å². The van der Waals surface area contributed by atoms with Crippen LogP contribution >= 0.6 is 0 Å². The summed E-state index contributed by atoms with van der Waals surface area (Å²) in [4.78, 5) is 0. The van der Waals surface area contributed by atoms with Crippen molar-refractivity contribution in [2.24, 2.45) is 11.8 Å². The van der Waals surface area contributed by atoms with Crippen LogP contribution in [0.15, 0.2) is 0 Å². The summed E-state index contributed by atoms with van der Waals surface area (Å²) < 4.78 is 36.4. The first-order chi connectivity index (χ1) is 7.94. The van der Waals surface area contributed by atoms with Crippen molar-refractivity contribution in [1.29, 1.82) is 0 Å². The molecule has 1 aliphatic carbocycles. The minimum atomic E-state index is -4.00. The Morgan fingerprint density at radius 1 is 1.29 bits per heavy atom. The van der Waals surface area contributed by atoms with Gasteiger partial charge in [0.25, 0.3) is 0 Å². The molecule has 1 N–H and O–H groups in total. The highest BCUT2D eigenvalue weighted by Gasteiger charge is 2.32. The first-order valence-electron chi connectivity index (χ1n) is 6.74. The molecule has 0 aromatic heterocycles. The molecule has 1 aliphatic rings. The minimum Gasteiger partial charge on any atom is -0.314 e. The second-order valence-corrected chi connectivity index (χ2v) is 5.24. The molecule has 0 saturated heterocycles. The van der Waals surface area contributed by atoms with Crippen molar-refractivity contribution in [1.82, 2.24) is 5.32 Å². The van der Waals surface area contributed by atoms with Crippen molar-refractivity contribution in [3.05, 3.63) is 0 Å². The van der Waals surface area contributed by atoms with E-state index < -0.39 is 12.6 Å². The van der Waals surface area contributed by atoms with Gasteiger partial charge in [-0.3, -0.25) is 0 Å². The summed E-state index contributed by atoms with van der Waals surface area (Å²) in [6, 6.07) is 0.278. The highest BCUT2D eigenvalue weighted by molar-refractivity contribution is 4.84. The first-order valence-corrected chi connectivity index (χ1v) is 6.74. The number of rotatable bonds is 6. The first kappa shape index (κ1) is 14.8. The van der Waals surface area contributed by atoms with Crippen molar-refractivity contribution in [2.75, 3.05) is 6.54 Å². The predicted octanol–water partition coefficient (Wildman–Crippen LogP) is 4.13. The number of alkyl halides is 3. The lowest BCUT2D eigenvalue weighted by Crippen LogP contribution is -2.37. The summed E-state index contributed by atoms with van der Waals surface area (Å²) in [5.41, 5.74) is 0. The molecule has 0 radical (unpaired) electrons. The van der Waals surface area contributed by atoms with Crippen LogP contribution in [-0.2, 0) is 0 Å². The van der Waals surface area contributed by atoms with Gasteiger partial charge in [0.1, 0.15) is 0 Å². The lowest BCUT2D eigenvalue weighted by molar-refractivity contribution is -0.136. The standard InChI is InChI=1S/C13H24F3N/c1-3-17-12(8-5-9-13(14,15)16)11-7-4-6-10(11)2/h10-12,17H,3-9H2,1-2H3. The Morgan fingerprint density at radius 2 is 2.00 bits per heavy atom. The largest absolute Gasteiger partial charge is 0.389 e. The minimum absolute atomic E-state index is 0.254. The molecule has 0 aromatic carbocycles. The van der Waals surface area contributed by atoms with Crippen LogP contribution in [-0.4, -0.2) is 18.8 Å². The Labute approximate surface area is 102 Å². The lowest BCUT2D eigenvalue weighted by atomic mass is 9.87. The van der Waals surface area contributed by atoms with Crippen LogP contribution in [0.3, 0.4) is 0 Å². The van der Waals surface area contributed by atoms with E-state index in [4.69, 9.17) is 0 Å². The zero-order valence-electron chi connectivity index (χ0n) is 10.8. The van der Waals surface area contributed by atoms with Crippen molar-refractivity contribution in [3.8, 4) is 0 Å². The molecule has 1 rings (SSSR count). The van der Waals surface area contributed by atoms with E-state index in [-0.39, 0.29) is 12.5 Å². The lowest BCUT2D eigenvalue weighted by Gasteiger charge is -2.28. The summed E-state index contributed by atoms with van der Waals surface area (Å²) in [5, 5.41) is 3.37. The molecule has 0 bridgehead atoms. The molecule has 17 heavy (non-hydrogen) atoms. The topological polar surface area (TPSA) is 12.0 Å². The van der Waals surface area contributed by atoms with Crippen LogP contribution in [0.1, 0.15) is 52.4 Å². The summed E-state index contributed by atoms with van der Waals surface area (Å²) in [7, 11) is 0. The van der Waals surface area contributed by atoms with Crippen molar-refractivity contribution >= 4 is 0 Å². The van der Waals surface area contributed by atoms with Gasteiger partial charge in [0, 0.05) is 12.5 Å². The molecule has 1 nitrogen and oxygen atoms in total. The van der Waals surface area contributed by atoms with E-state index >= 15 is 0 Å². The third-order valence-corrected chi connectivity index (χ3v) is 3.89. The van der Waals surface area contributed by atoms with E-state index in [0.29, 0.717) is 18.3 Å². The van der Waals surface area contributed by atoms with Gasteiger partial charge in [0.15, 0.2) is 0 Å². The van der Waals surface area contributed by atoms with Gasteiger partial charge in [0.05, 0.1) is 0 Å². The quantitative estimate of drug-likeness (QED) is 0.748. The molecule has 0 spiro atoms. The van der Waals surface area contributed by atoms with E-state index in [9.17, 15) is 13.2 Å². The molecular weight excluding hydrogens is 227 g/mol. The molecule has 0 amide bonds. The Bertz CT molecular complexity index is 215. The van der Waals surface area contributed by atoms with Gasteiger partial charge in [-0.25, -0.2) is 0 Å². The number of halogens is 3. The van der Waals surface area contributed by atoms with Gasteiger partial charge in [-0.15, -0.1) is 0 Å². The molecular formula is C13H24F3N. The van der Waals surface area contributed by atoms with Crippen LogP contribution < -0.4 is 5.32 Å². The number of hydrogen-bond donors (Lipinski definition) is 1. The van der Waals surface area contributed by atoms with E-state index in [1.54, 1.807) is 0 Å². The maximum atomic E-state index is 12.1. The zero-order valence-corrected chi connectivity index (χ0v) is 10.8. The third kappa shape index (κ3) is 5.28. The monoisotopic (exact) mass is 251 g/mol. The van der Waals surface area contributed by atoms with E-state index in [2.05, 4.69) is 12.2 Å². The van der Waals surface area contributed by atoms with Gasteiger partial charge in [-0.05, 0) is 37.6 Å². The molecule has 0 aromatic rings. The smallest absolute Gasteiger partial charge is 0.314 e. The fourth-order valence-electron chi connectivity index (χ4n) is 3.02. The second kappa shape index (κ2) is 6.62. The molecule has 0 aliphatic heterocycles. The molecule has 4 heteroatoms. The molecule has 102 valence electrons. The molecule has 3 atom stereocenters.